The van der Waals surface area contributed by atoms with Gasteiger partial charge in [0.1, 0.15) is 0 Å². The van der Waals surface area contributed by atoms with Crippen LogP contribution in [0.1, 0.15) is 37.7 Å². The molecular weight excluding hydrogens is 274 g/mol. The first-order valence-electron chi connectivity index (χ1n) is 7.38. The number of benzene rings is 1. The Balaban J connectivity index is 2.10. The highest BCUT2D eigenvalue weighted by atomic mass is 35.5. The zero-order chi connectivity index (χ0) is 14.4. The lowest BCUT2D eigenvalue weighted by atomic mass is 9.90. The van der Waals surface area contributed by atoms with Crippen LogP contribution in [0.3, 0.4) is 0 Å². The Labute approximate surface area is 126 Å². The molecule has 1 N–H and O–H groups in total. The summed E-state index contributed by atoms with van der Waals surface area (Å²) in [7, 11) is 3.57. The Hall–Kier alpha value is -0.930. The lowest BCUT2D eigenvalue weighted by Gasteiger charge is -2.23. The van der Waals surface area contributed by atoms with Crippen molar-refractivity contribution in [1.82, 2.24) is 5.32 Å². The highest BCUT2D eigenvalue weighted by Gasteiger charge is 2.17. The molecule has 0 bridgehead atoms. The minimum absolute atomic E-state index is 0.673. The number of nitrogens with one attached hydrogen (secondary N) is 1. The van der Waals surface area contributed by atoms with Crippen molar-refractivity contribution in [2.24, 2.45) is 5.92 Å². The van der Waals surface area contributed by atoms with Crippen molar-refractivity contribution in [3.8, 4) is 11.5 Å². The van der Waals surface area contributed by atoms with Crippen LogP contribution in [0.25, 0.3) is 0 Å². The molecular formula is C16H24ClNO2. The summed E-state index contributed by atoms with van der Waals surface area (Å²) < 4.78 is 11.5. The van der Waals surface area contributed by atoms with Crippen LogP contribution < -0.4 is 14.8 Å². The van der Waals surface area contributed by atoms with Gasteiger partial charge in [0.2, 0.25) is 0 Å². The molecule has 0 atom stereocenters. The fourth-order valence-electron chi connectivity index (χ4n) is 2.81. The number of halogens is 1. The minimum atomic E-state index is 0.673. The maximum absolute atomic E-state index is 6.12. The van der Waals surface area contributed by atoms with Crippen molar-refractivity contribution in [2.75, 3.05) is 20.8 Å². The van der Waals surface area contributed by atoms with Gasteiger partial charge in [-0.3, -0.25) is 0 Å². The number of methoxy groups -OCH3 is 1. The van der Waals surface area contributed by atoms with Gasteiger partial charge < -0.3 is 14.8 Å². The van der Waals surface area contributed by atoms with E-state index in [1.807, 2.05) is 19.2 Å². The van der Waals surface area contributed by atoms with E-state index >= 15 is 0 Å². The third-order valence-corrected chi connectivity index (χ3v) is 4.09. The first-order chi connectivity index (χ1) is 9.74. The van der Waals surface area contributed by atoms with Gasteiger partial charge in [-0.2, -0.15) is 0 Å². The number of ether oxygens (including phenoxy) is 2. The second-order valence-corrected chi connectivity index (χ2v) is 5.88. The highest BCUT2D eigenvalue weighted by molar-refractivity contribution is 6.30. The summed E-state index contributed by atoms with van der Waals surface area (Å²) in [6.07, 6.45) is 6.57. The van der Waals surface area contributed by atoms with E-state index in [4.69, 9.17) is 21.1 Å². The molecule has 1 fully saturated rings. The van der Waals surface area contributed by atoms with Crippen LogP contribution in [0, 0.1) is 5.92 Å². The first-order valence-corrected chi connectivity index (χ1v) is 7.76. The van der Waals surface area contributed by atoms with Crippen molar-refractivity contribution in [2.45, 2.75) is 38.6 Å². The van der Waals surface area contributed by atoms with Gasteiger partial charge >= 0.3 is 0 Å². The van der Waals surface area contributed by atoms with E-state index in [2.05, 4.69) is 5.32 Å². The molecule has 4 heteroatoms. The summed E-state index contributed by atoms with van der Waals surface area (Å²) >= 11 is 6.12. The summed E-state index contributed by atoms with van der Waals surface area (Å²) in [6, 6.07) is 3.76. The normalized spacial score (nSPS) is 16.1. The van der Waals surface area contributed by atoms with Crippen molar-refractivity contribution in [3.63, 3.8) is 0 Å². The SMILES string of the molecule is CNCc1cc(Cl)cc(OC)c1OCC1CCCCC1. The third kappa shape index (κ3) is 4.03. The zero-order valence-corrected chi connectivity index (χ0v) is 13.1. The van der Waals surface area contributed by atoms with E-state index < -0.39 is 0 Å². The summed E-state index contributed by atoms with van der Waals surface area (Å²) in [5, 5.41) is 3.82. The van der Waals surface area contributed by atoms with E-state index in [0.717, 1.165) is 30.2 Å². The molecule has 0 radical (unpaired) electrons. The maximum atomic E-state index is 6.12. The quantitative estimate of drug-likeness (QED) is 0.860. The molecule has 0 unspecified atom stereocenters. The molecule has 1 aromatic carbocycles. The molecule has 0 aliphatic heterocycles. The Kier molecular flexibility index (Phi) is 5.99. The van der Waals surface area contributed by atoms with Gasteiger partial charge in [0.25, 0.3) is 0 Å². The Morgan fingerprint density at radius 1 is 1.25 bits per heavy atom. The number of rotatable bonds is 6. The largest absolute Gasteiger partial charge is 0.493 e. The minimum Gasteiger partial charge on any atom is -0.493 e. The van der Waals surface area contributed by atoms with Crippen molar-refractivity contribution < 1.29 is 9.47 Å². The fourth-order valence-corrected chi connectivity index (χ4v) is 3.05. The topological polar surface area (TPSA) is 30.5 Å². The molecule has 0 amide bonds. The zero-order valence-electron chi connectivity index (χ0n) is 12.4. The van der Waals surface area contributed by atoms with Gasteiger partial charge in [0.05, 0.1) is 13.7 Å². The van der Waals surface area contributed by atoms with Gasteiger partial charge in [-0.1, -0.05) is 30.9 Å². The molecule has 20 heavy (non-hydrogen) atoms. The molecule has 0 heterocycles. The van der Waals surface area contributed by atoms with Crippen molar-refractivity contribution in [1.29, 1.82) is 0 Å². The van der Waals surface area contributed by atoms with E-state index in [0.29, 0.717) is 10.9 Å². The molecule has 0 saturated heterocycles. The third-order valence-electron chi connectivity index (χ3n) is 3.87. The van der Waals surface area contributed by atoms with E-state index in [1.165, 1.54) is 32.1 Å². The predicted molar refractivity (Wildman–Crippen MR) is 82.8 cm³/mol. The van der Waals surface area contributed by atoms with Crippen LogP contribution in [-0.2, 0) is 6.54 Å². The van der Waals surface area contributed by atoms with Gasteiger partial charge in [-0.05, 0) is 31.9 Å². The lowest BCUT2D eigenvalue weighted by molar-refractivity contribution is 0.200. The van der Waals surface area contributed by atoms with Gasteiger partial charge in [0.15, 0.2) is 11.5 Å². The first kappa shape index (κ1) is 15.5. The molecule has 1 aliphatic rings. The van der Waals surface area contributed by atoms with Gasteiger partial charge in [-0.25, -0.2) is 0 Å². The van der Waals surface area contributed by atoms with E-state index in [9.17, 15) is 0 Å². The summed E-state index contributed by atoms with van der Waals surface area (Å²) in [5.41, 5.74) is 1.05. The fraction of sp³-hybridized carbons (Fsp3) is 0.625. The Morgan fingerprint density at radius 3 is 2.65 bits per heavy atom. The molecule has 0 spiro atoms. The number of hydrogen-bond acceptors (Lipinski definition) is 3. The Morgan fingerprint density at radius 2 is 2.00 bits per heavy atom. The van der Waals surface area contributed by atoms with Crippen molar-refractivity contribution >= 4 is 11.6 Å². The summed E-state index contributed by atoms with van der Waals surface area (Å²) in [5.74, 6) is 2.22. The van der Waals surface area contributed by atoms with Crippen LogP contribution in [-0.4, -0.2) is 20.8 Å². The van der Waals surface area contributed by atoms with Gasteiger partial charge in [0, 0.05) is 23.2 Å². The van der Waals surface area contributed by atoms with E-state index in [-0.39, 0.29) is 0 Å². The predicted octanol–water partition coefficient (Wildman–Crippen LogP) is 4.03. The average Bonchev–Trinajstić information content (AvgIpc) is 2.47. The lowest BCUT2D eigenvalue weighted by Crippen LogP contribution is -2.17. The molecule has 1 aromatic rings. The number of hydrogen-bond donors (Lipinski definition) is 1. The second kappa shape index (κ2) is 7.75. The van der Waals surface area contributed by atoms with Crippen LogP contribution >= 0.6 is 11.6 Å². The second-order valence-electron chi connectivity index (χ2n) is 5.44. The molecule has 1 aliphatic carbocycles. The van der Waals surface area contributed by atoms with Crippen LogP contribution in [0.5, 0.6) is 11.5 Å². The standard InChI is InChI=1S/C16H24ClNO2/c1-18-10-13-8-14(17)9-15(19-2)16(13)20-11-12-6-4-3-5-7-12/h8-9,12,18H,3-7,10-11H2,1-2H3. The van der Waals surface area contributed by atoms with Gasteiger partial charge in [-0.15, -0.1) is 0 Å². The van der Waals surface area contributed by atoms with Crippen LogP contribution in [0.4, 0.5) is 0 Å². The highest BCUT2D eigenvalue weighted by Crippen LogP contribution is 2.36. The van der Waals surface area contributed by atoms with E-state index in [1.54, 1.807) is 7.11 Å². The molecule has 0 aromatic heterocycles. The Bertz CT molecular complexity index is 431. The van der Waals surface area contributed by atoms with Crippen LogP contribution in [0.2, 0.25) is 5.02 Å². The summed E-state index contributed by atoms with van der Waals surface area (Å²) in [6.45, 7) is 1.49. The van der Waals surface area contributed by atoms with Crippen molar-refractivity contribution in [3.05, 3.63) is 22.7 Å². The molecule has 3 nitrogen and oxygen atoms in total. The molecule has 1 saturated carbocycles. The van der Waals surface area contributed by atoms with Crippen LogP contribution in [0.15, 0.2) is 12.1 Å². The monoisotopic (exact) mass is 297 g/mol. The smallest absolute Gasteiger partial charge is 0.165 e. The molecule has 112 valence electrons. The average molecular weight is 298 g/mol. The maximum Gasteiger partial charge on any atom is 0.165 e. The summed E-state index contributed by atoms with van der Waals surface area (Å²) in [4.78, 5) is 0. The molecule has 2 rings (SSSR count).